The van der Waals surface area contributed by atoms with Gasteiger partial charge in [0.15, 0.2) is 18.1 Å². The number of amides is 1. The van der Waals surface area contributed by atoms with Crippen molar-refractivity contribution in [1.29, 1.82) is 0 Å². The molecule has 0 atom stereocenters. The van der Waals surface area contributed by atoms with Crippen molar-refractivity contribution in [3.63, 3.8) is 0 Å². The first kappa shape index (κ1) is 22.1. The average molecular weight is 420 g/mol. The molecule has 0 aliphatic heterocycles. The van der Waals surface area contributed by atoms with Crippen molar-refractivity contribution in [3.8, 4) is 17.2 Å². The largest absolute Gasteiger partial charge is 0.493 e. The van der Waals surface area contributed by atoms with Crippen molar-refractivity contribution in [2.75, 3.05) is 33.3 Å². The molecule has 2 aromatic rings. The van der Waals surface area contributed by atoms with Gasteiger partial charge in [0, 0.05) is 6.08 Å². The molecule has 0 aliphatic carbocycles. The van der Waals surface area contributed by atoms with E-state index in [-0.39, 0.29) is 0 Å². The first-order chi connectivity index (χ1) is 13.9. The molecule has 0 heterocycles. The van der Waals surface area contributed by atoms with Gasteiger partial charge < -0.3 is 24.3 Å². The summed E-state index contributed by atoms with van der Waals surface area (Å²) in [4.78, 5) is 23.9. The van der Waals surface area contributed by atoms with E-state index >= 15 is 0 Å². The summed E-state index contributed by atoms with van der Waals surface area (Å²) in [6.07, 6.45) is 2.72. The van der Waals surface area contributed by atoms with Crippen molar-refractivity contribution >= 4 is 35.2 Å². The van der Waals surface area contributed by atoms with E-state index in [1.54, 1.807) is 24.3 Å². The van der Waals surface area contributed by atoms with E-state index in [9.17, 15) is 9.59 Å². The monoisotopic (exact) mass is 419 g/mol. The molecule has 7 nitrogen and oxygen atoms in total. The lowest BCUT2D eigenvalue weighted by molar-refractivity contribution is -0.142. The van der Waals surface area contributed by atoms with Gasteiger partial charge in [0.2, 0.25) is 5.75 Å². The van der Waals surface area contributed by atoms with E-state index in [0.29, 0.717) is 33.5 Å². The number of methoxy groups -OCH3 is 3. The van der Waals surface area contributed by atoms with Crippen LogP contribution in [0.1, 0.15) is 11.1 Å². The molecule has 0 fully saturated rings. The molecule has 1 N–H and O–H groups in total. The van der Waals surface area contributed by atoms with Crippen LogP contribution in [-0.4, -0.2) is 39.8 Å². The predicted octanol–water partition coefficient (Wildman–Crippen LogP) is 3.87. The molecule has 1 amide bonds. The van der Waals surface area contributed by atoms with Gasteiger partial charge in [-0.15, -0.1) is 0 Å². The standard InChI is InChI=1S/C21H22ClNO6/c1-13-5-7-16(15(22)9-13)23-19(24)12-29-20(25)8-6-14-10-17(26-2)21(28-4)18(11-14)27-3/h5-11H,12H2,1-4H3,(H,23,24). The first-order valence-electron chi connectivity index (χ1n) is 8.58. The molecule has 8 heteroatoms. The fraction of sp³-hybridized carbons (Fsp3) is 0.238. The Hall–Kier alpha value is -3.19. The molecule has 0 radical (unpaired) electrons. The number of hydrogen-bond acceptors (Lipinski definition) is 6. The third-order valence-corrected chi connectivity index (χ3v) is 4.16. The maximum Gasteiger partial charge on any atom is 0.331 e. The van der Waals surface area contributed by atoms with Gasteiger partial charge >= 0.3 is 5.97 Å². The minimum Gasteiger partial charge on any atom is -0.493 e. The molecular formula is C21H22ClNO6. The molecule has 29 heavy (non-hydrogen) atoms. The Kier molecular flexibility index (Phi) is 7.91. The first-order valence-corrected chi connectivity index (χ1v) is 8.96. The fourth-order valence-corrected chi connectivity index (χ4v) is 2.74. The summed E-state index contributed by atoms with van der Waals surface area (Å²) in [6, 6.07) is 8.58. The molecule has 0 unspecified atom stereocenters. The van der Waals surface area contributed by atoms with Crippen molar-refractivity contribution in [2.24, 2.45) is 0 Å². The molecule has 0 bridgehead atoms. The van der Waals surface area contributed by atoms with Gasteiger partial charge in [-0.1, -0.05) is 17.7 Å². The van der Waals surface area contributed by atoms with Crippen LogP contribution in [-0.2, 0) is 14.3 Å². The number of aryl methyl sites for hydroxylation is 1. The second-order valence-electron chi connectivity index (χ2n) is 5.93. The van der Waals surface area contributed by atoms with Crippen LogP contribution in [0.5, 0.6) is 17.2 Å². The van der Waals surface area contributed by atoms with Crippen LogP contribution in [0.25, 0.3) is 6.08 Å². The summed E-state index contributed by atoms with van der Waals surface area (Å²) in [5.41, 5.74) is 2.05. The summed E-state index contributed by atoms with van der Waals surface area (Å²) >= 11 is 6.06. The van der Waals surface area contributed by atoms with Crippen molar-refractivity contribution < 1.29 is 28.5 Å². The van der Waals surface area contributed by atoms with Gasteiger partial charge in [-0.2, -0.15) is 0 Å². The van der Waals surface area contributed by atoms with Gasteiger partial charge in [0.1, 0.15) is 0 Å². The molecule has 2 rings (SSSR count). The number of hydrogen-bond donors (Lipinski definition) is 1. The van der Waals surface area contributed by atoms with E-state index in [2.05, 4.69) is 5.32 Å². The number of benzene rings is 2. The van der Waals surface area contributed by atoms with Crippen LogP contribution >= 0.6 is 11.6 Å². The van der Waals surface area contributed by atoms with Crippen LogP contribution in [0.2, 0.25) is 5.02 Å². The van der Waals surface area contributed by atoms with Crippen LogP contribution in [0.3, 0.4) is 0 Å². The Morgan fingerprint density at radius 2 is 1.69 bits per heavy atom. The van der Waals surface area contributed by atoms with Crippen LogP contribution in [0, 0.1) is 6.92 Å². The minimum absolute atomic E-state index is 0.409. The fourth-order valence-electron chi connectivity index (χ4n) is 2.45. The molecule has 154 valence electrons. The van der Waals surface area contributed by atoms with Gasteiger partial charge in [-0.05, 0) is 48.4 Å². The van der Waals surface area contributed by atoms with Crippen molar-refractivity contribution in [1.82, 2.24) is 0 Å². The Balaban J connectivity index is 1.96. The van der Waals surface area contributed by atoms with Crippen LogP contribution in [0.4, 0.5) is 5.69 Å². The number of esters is 1. The van der Waals surface area contributed by atoms with Crippen LogP contribution in [0.15, 0.2) is 36.4 Å². The van der Waals surface area contributed by atoms with Crippen LogP contribution < -0.4 is 19.5 Å². The third-order valence-electron chi connectivity index (χ3n) is 3.84. The number of ether oxygens (including phenoxy) is 4. The lowest BCUT2D eigenvalue weighted by atomic mass is 10.1. The molecule has 0 saturated heterocycles. The predicted molar refractivity (Wildman–Crippen MR) is 111 cm³/mol. The highest BCUT2D eigenvalue weighted by Gasteiger charge is 2.13. The zero-order chi connectivity index (χ0) is 21.4. The maximum atomic E-state index is 11.9. The molecule has 0 aliphatic rings. The highest BCUT2D eigenvalue weighted by Crippen LogP contribution is 2.38. The summed E-state index contributed by atoms with van der Waals surface area (Å²) < 4.78 is 20.7. The van der Waals surface area contributed by atoms with E-state index in [1.807, 2.05) is 13.0 Å². The average Bonchev–Trinajstić information content (AvgIpc) is 2.71. The number of nitrogens with one attached hydrogen (secondary N) is 1. The second-order valence-corrected chi connectivity index (χ2v) is 6.34. The topological polar surface area (TPSA) is 83.1 Å². The SMILES string of the molecule is COc1cc(C=CC(=O)OCC(=O)Nc2ccc(C)cc2Cl)cc(OC)c1OC. The van der Waals surface area contributed by atoms with Gasteiger partial charge in [0.25, 0.3) is 5.91 Å². The Labute approximate surface area is 174 Å². The molecule has 0 aromatic heterocycles. The Bertz CT molecular complexity index is 900. The molecule has 0 spiro atoms. The van der Waals surface area contributed by atoms with Gasteiger partial charge in [0.05, 0.1) is 32.0 Å². The lowest BCUT2D eigenvalue weighted by Crippen LogP contribution is -2.20. The summed E-state index contributed by atoms with van der Waals surface area (Å²) in [7, 11) is 4.50. The lowest BCUT2D eigenvalue weighted by Gasteiger charge is -2.12. The summed E-state index contributed by atoms with van der Waals surface area (Å²) in [5.74, 6) is 0.179. The zero-order valence-electron chi connectivity index (χ0n) is 16.6. The summed E-state index contributed by atoms with van der Waals surface area (Å²) in [5, 5.41) is 3.00. The highest BCUT2D eigenvalue weighted by atomic mass is 35.5. The molecule has 0 saturated carbocycles. The smallest absolute Gasteiger partial charge is 0.331 e. The van der Waals surface area contributed by atoms with Crippen molar-refractivity contribution in [2.45, 2.75) is 6.92 Å². The van der Waals surface area contributed by atoms with Gasteiger partial charge in [-0.25, -0.2) is 4.79 Å². The quantitative estimate of drug-likeness (QED) is 0.516. The van der Waals surface area contributed by atoms with Gasteiger partial charge in [-0.3, -0.25) is 4.79 Å². The Morgan fingerprint density at radius 3 is 2.24 bits per heavy atom. The Morgan fingerprint density at radius 1 is 1.03 bits per heavy atom. The summed E-state index contributed by atoms with van der Waals surface area (Å²) in [6.45, 7) is 1.45. The molecule has 2 aromatic carbocycles. The third kappa shape index (κ3) is 6.15. The van der Waals surface area contributed by atoms with E-state index in [0.717, 1.165) is 5.56 Å². The molecular weight excluding hydrogens is 398 g/mol. The highest BCUT2D eigenvalue weighted by molar-refractivity contribution is 6.33. The van der Waals surface area contributed by atoms with E-state index in [1.165, 1.54) is 33.5 Å². The second kappa shape index (κ2) is 10.4. The number of rotatable bonds is 8. The van der Waals surface area contributed by atoms with E-state index in [4.69, 9.17) is 30.5 Å². The number of carbonyl (C=O) groups excluding carboxylic acids is 2. The van der Waals surface area contributed by atoms with Crippen molar-refractivity contribution in [3.05, 3.63) is 52.6 Å². The maximum absolute atomic E-state index is 11.9. The zero-order valence-corrected chi connectivity index (χ0v) is 17.3. The number of halogens is 1. The number of anilines is 1. The van der Waals surface area contributed by atoms with E-state index < -0.39 is 18.5 Å². The minimum atomic E-state index is -0.677. The number of carbonyl (C=O) groups is 2. The normalized spacial score (nSPS) is 10.5.